The molecule has 1 aromatic carbocycles. The highest BCUT2D eigenvalue weighted by Gasteiger charge is 2.27. The van der Waals surface area contributed by atoms with E-state index in [-0.39, 0.29) is 5.91 Å². The fourth-order valence-corrected chi connectivity index (χ4v) is 2.05. The summed E-state index contributed by atoms with van der Waals surface area (Å²) in [5.41, 5.74) is 1.58. The number of carbonyl (C=O) groups excluding carboxylic acids is 1. The largest absolute Gasteiger partial charge is 0.356 e. The van der Waals surface area contributed by atoms with E-state index in [1.165, 1.54) is 12.8 Å². The van der Waals surface area contributed by atoms with E-state index in [4.69, 9.17) is 5.26 Å². The van der Waals surface area contributed by atoms with Crippen LogP contribution in [-0.2, 0) is 11.2 Å². The summed E-state index contributed by atoms with van der Waals surface area (Å²) in [6.45, 7) is 2.97. The van der Waals surface area contributed by atoms with E-state index in [2.05, 4.69) is 18.3 Å². The Morgan fingerprint density at radius 1 is 1.44 bits per heavy atom. The van der Waals surface area contributed by atoms with Crippen LogP contribution in [0.5, 0.6) is 0 Å². The Morgan fingerprint density at radius 3 is 2.67 bits per heavy atom. The Hall–Kier alpha value is -1.82. The molecule has 0 radical (unpaired) electrons. The zero-order valence-corrected chi connectivity index (χ0v) is 10.6. The number of nitriles is 1. The molecule has 1 aliphatic carbocycles. The van der Waals surface area contributed by atoms with E-state index in [1.807, 2.05) is 12.1 Å². The summed E-state index contributed by atoms with van der Waals surface area (Å²) in [5, 5.41) is 11.7. The summed E-state index contributed by atoms with van der Waals surface area (Å²) >= 11 is 0. The van der Waals surface area contributed by atoms with Gasteiger partial charge in [-0.3, -0.25) is 4.79 Å². The minimum atomic E-state index is 0.0622. The van der Waals surface area contributed by atoms with Gasteiger partial charge in [-0.05, 0) is 42.4 Å². The summed E-state index contributed by atoms with van der Waals surface area (Å²) in [7, 11) is 0. The van der Waals surface area contributed by atoms with Gasteiger partial charge in [0.1, 0.15) is 0 Å². The second-order valence-corrected chi connectivity index (χ2v) is 5.10. The van der Waals surface area contributed by atoms with Crippen molar-refractivity contribution in [1.82, 2.24) is 5.32 Å². The fourth-order valence-electron chi connectivity index (χ4n) is 2.05. The van der Waals surface area contributed by atoms with Gasteiger partial charge in [-0.25, -0.2) is 0 Å². The van der Waals surface area contributed by atoms with Gasteiger partial charge in [-0.2, -0.15) is 5.26 Å². The number of rotatable bonds is 5. The molecule has 3 heteroatoms. The van der Waals surface area contributed by atoms with Gasteiger partial charge >= 0.3 is 0 Å². The fraction of sp³-hybridized carbons (Fsp3) is 0.467. The van der Waals surface area contributed by atoms with Crippen LogP contribution in [0, 0.1) is 23.2 Å². The summed E-state index contributed by atoms with van der Waals surface area (Å²) in [6, 6.07) is 9.23. The van der Waals surface area contributed by atoms with Crippen molar-refractivity contribution in [2.24, 2.45) is 11.8 Å². The van der Waals surface area contributed by atoms with Gasteiger partial charge in [-0.1, -0.05) is 19.1 Å². The molecule has 0 bridgehead atoms. The Labute approximate surface area is 108 Å². The molecule has 0 heterocycles. The molecule has 18 heavy (non-hydrogen) atoms. The first-order valence-corrected chi connectivity index (χ1v) is 6.45. The summed E-state index contributed by atoms with van der Waals surface area (Å²) < 4.78 is 0. The first kappa shape index (κ1) is 12.6. The molecular weight excluding hydrogens is 224 g/mol. The number of nitrogens with one attached hydrogen (secondary N) is 1. The van der Waals surface area contributed by atoms with Gasteiger partial charge in [0.05, 0.1) is 18.1 Å². The quantitative estimate of drug-likeness (QED) is 0.861. The highest BCUT2D eigenvalue weighted by atomic mass is 16.1. The van der Waals surface area contributed by atoms with Crippen molar-refractivity contribution < 1.29 is 4.79 Å². The zero-order valence-electron chi connectivity index (χ0n) is 10.6. The van der Waals surface area contributed by atoms with Crippen molar-refractivity contribution in [1.29, 1.82) is 5.26 Å². The third-order valence-electron chi connectivity index (χ3n) is 3.50. The van der Waals surface area contributed by atoms with Gasteiger partial charge < -0.3 is 5.32 Å². The molecule has 1 aliphatic rings. The lowest BCUT2D eigenvalue weighted by molar-refractivity contribution is -0.120. The van der Waals surface area contributed by atoms with Gasteiger partial charge in [0.25, 0.3) is 0 Å². The molecule has 1 atom stereocenters. The molecule has 1 unspecified atom stereocenters. The van der Waals surface area contributed by atoms with Crippen molar-refractivity contribution in [3.63, 3.8) is 0 Å². The lowest BCUT2D eigenvalue weighted by atomic mass is 10.1. The number of hydrogen-bond donors (Lipinski definition) is 1. The van der Waals surface area contributed by atoms with E-state index in [0.717, 1.165) is 18.0 Å². The smallest absolute Gasteiger partial charge is 0.224 e. The highest BCUT2D eigenvalue weighted by molar-refractivity contribution is 5.78. The van der Waals surface area contributed by atoms with Gasteiger partial charge in [-0.15, -0.1) is 0 Å². The third kappa shape index (κ3) is 3.59. The highest BCUT2D eigenvalue weighted by Crippen LogP contribution is 2.36. The summed E-state index contributed by atoms with van der Waals surface area (Å²) in [6.07, 6.45) is 3.02. The molecule has 0 aromatic heterocycles. The van der Waals surface area contributed by atoms with Crippen molar-refractivity contribution in [3.8, 4) is 6.07 Å². The molecule has 1 saturated carbocycles. The van der Waals surface area contributed by atoms with E-state index in [9.17, 15) is 4.79 Å². The van der Waals surface area contributed by atoms with Crippen LogP contribution in [0.4, 0.5) is 0 Å². The van der Waals surface area contributed by atoms with Crippen LogP contribution in [0.3, 0.4) is 0 Å². The van der Waals surface area contributed by atoms with E-state index in [1.54, 1.807) is 12.1 Å². The number of nitrogens with zero attached hydrogens (tertiary/aromatic N) is 1. The lowest BCUT2D eigenvalue weighted by Crippen LogP contribution is -2.30. The molecule has 94 valence electrons. The molecule has 0 aliphatic heterocycles. The lowest BCUT2D eigenvalue weighted by Gasteiger charge is -2.11. The average molecular weight is 242 g/mol. The molecule has 2 rings (SSSR count). The second-order valence-electron chi connectivity index (χ2n) is 5.10. The van der Waals surface area contributed by atoms with E-state index >= 15 is 0 Å². The Bertz CT molecular complexity index is 454. The minimum absolute atomic E-state index is 0.0622. The second kappa shape index (κ2) is 5.68. The Balaban J connectivity index is 1.77. The molecule has 1 fully saturated rings. The van der Waals surface area contributed by atoms with Gasteiger partial charge in [0.15, 0.2) is 0 Å². The minimum Gasteiger partial charge on any atom is -0.356 e. The molecule has 0 saturated heterocycles. The van der Waals surface area contributed by atoms with Crippen molar-refractivity contribution in [2.45, 2.75) is 26.2 Å². The first-order valence-electron chi connectivity index (χ1n) is 6.45. The average Bonchev–Trinajstić information content (AvgIpc) is 3.21. The Kier molecular flexibility index (Phi) is 3.99. The van der Waals surface area contributed by atoms with Gasteiger partial charge in [0.2, 0.25) is 5.91 Å². The molecule has 1 N–H and O–H groups in total. The van der Waals surface area contributed by atoms with Crippen LogP contribution in [0.25, 0.3) is 0 Å². The first-order chi connectivity index (χ1) is 8.69. The number of carbonyl (C=O) groups is 1. The maximum Gasteiger partial charge on any atom is 0.224 e. The third-order valence-corrected chi connectivity index (χ3v) is 3.50. The predicted octanol–water partition coefficient (Wildman–Crippen LogP) is 2.26. The van der Waals surface area contributed by atoms with Crippen LogP contribution in [0.1, 0.15) is 30.9 Å². The molecule has 3 nitrogen and oxygen atoms in total. The van der Waals surface area contributed by atoms with Crippen molar-refractivity contribution in [3.05, 3.63) is 35.4 Å². The molecular formula is C15H18N2O. The summed E-state index contributed by atoms with van der Waals surface area (Å²) in [4.78, 5) is 11.7. The molecule has 0 spiro atoms. The maximum absolute atomic E-state index is 11.7. The van der Waals surface area contributed by atoms with Crippen molar-refractivity contribution in [2.75, 3.05) is 6.54 Å². The monoisotopic (exact) mass is 242 g/mol. The van der Waals surface area contributed by atoms with Crippen LogP contribution < -0.4 is 5.32 Å². The molecule has 1 aromatic rings. The number of amides is 1. The van der Waals surface area contributed by atoms with Gasteiger partial charge in [0, 0.05) is 6.54 Å². The standard InChI is InChI=1S/C15H18N2O/c1-11(14-6-7-14)10-17-15(18)8-12-2-4-13(9-16)5-3-12/h2-5,11,14H,6-8,10H2,1H3,(H,17,18). The predicted molar refractivity (Wildman–Crippen MR) is 69.8 cm³/mol. The number of benzene rings is 1. The normalized spacial score (nSPS) is 15.8. The van der Waals surface area contributed by atoms with Crippen LogP contribution in [-0.4, -0.2) is 12.5 Å². The number of hydrogen-bond acceptors (Lipinski definition) is 2. The van der Waals surface area contributed by atoms with Crippen molar-refractivity contribution >= 4 is 5.91 Å². The zero-order chi connectivity index (χ0) is 13.0. The Morgan fingerprint density at radius 2 is 2.11 bits per heavy atom. The van der Waals surface area contributed by atoms with Crippen LogP contribution in [0.15, 0.2) is 24.3 Å². The van der Waals surface area contributed by atoms with Crippen LogP contribution >= 0.6 is 0 Å². The topological polar surface area (TPSA) is 52.9 Å². The van der Waals surface area contributed by atoms with E-state index in [0.29, 0.717) is 17.9 Å². The van der Waals surface area contributed by atoms with E-state index < -0.39 is 0 Å². The molecule has 1 amide bonds. The van der Waals surface area contributed by atoms with Crippen LogP contribution in [0.2, 0.25) is 0 Å². The SMILES string of the molecule is CC(CNC(=O)Cc1ccc(C#N)cc1)C1CC1. The maximum atomic E-state index is 11.7. The summed E-state index contributed by atoms with van der Waals surface area (Å²) in [5.74, 6) is 1.47.